The van der Waals surface area contributed by atoms with Gasteiger partial charge in [0.1, 0.15) is 5.76 Å². The minimum Gasteiger partial charge on any atom is -0.490 e. The fourth-order valence-electron chi connectivity index (χ4n) is 1.35. The van der Waals surface area contributed by atoms with E-state index in [1.54, 1.807) is 6.08 Å². The number of allylic oxidation sites excluding steroid dienone is 4. The zero-order valence-electron chi connectivity index (χ0n) is 12.0. The van der Waals surface area contributed by atoms with Crippen LogP contribution in [0.2, 0.25) is 0 Å². The van der Waals surface area contributed by atoms with Gasteiger partial charge in [0, 0.05) is 6.54 Å². The number of nitrogens with zero attached hydrogens (tertiary/aromatic N) is 1. The standard InChI is InChI=1S/C15H27NO/c1-7-14(10-9-13(3)4)17-15(8-2)11-12-16(5)6/h7,9-10,15H,1,8,11-12H2,2-6H3/b14-10+. The van der Waals surface area contributed by atoms with Crippen LogP contribution in [-0.4, -0.2) is 31.6 Å². The summed E-state index contributed by atoms with van der Waals surface area (Å²) in [5, 5.41) is 0. The van der Waals surface area contributed by atoms with Gasteiger partial charge in [0.2, 0.25) is 0 Å². The molecule has 0 aliphatic carbocycles. The first-order valence-electron chi connectivity index (χ1n) is 6.28. The molecule has 2 nitrogen and oxygen atoms in total. The largest absolute Gasteiger partial charge is 0.490 e. The van der Waals surface area contributed by atoms with E-state index in [1.807, 2.05) is 6.08 Å². The highest BCUT2D eigenvalue weighted by molar-refractivity contribution is 5.18. The first-order chi connectivity index (χ1) is 7.99. The maximum absolute atomic E-state index is 5.92. The van der Waals surface area contributed by atoms with Gasteiger partial charge in [-0.3, -0.25) is 0 Å². The lowest BCUT2D eigenvalue weighted by molar-refractivity contribution is 0.105. The fraction of sp³-hybridized carbons (Fsp3) is 0.600. The Balaban J connectivity index is 4.36. The Hall–Kier alpha value is -1.02. The Morgan fingerprint density at radius 3 is 2.35 bits per heavy atom. The van der Waals surface area contributed by atoms with Gasteiger partial charge in [-0.05, 0) is 52.9 Å². The molecule has 0 saturated heterocycles. The zero-order valence-corrected chi connectivity index (χ0v) is 12.0. The minimum atomic E-state index is 0.271. The maximum Gasteiger partial charge on any atom is 0.119 e. The van der Waals surface area contributed by atoms with E-state index in [-0.39, 0.29) is 6.10 Å². The summed E-state index contributed by atoms with van der Waals surface area (Å²) in [7, 11) is 4.17. The Labute approximate surface area is 107 Å². The van der Waals surface area contributed by atoms with Crippen molar-refractivity contribution in [3.05, 3.63) is 36.1 Å². The zero-order chi connectivity index (χ0) is 13.3. The highest BCUT2D eigenvalue weighted by Crippen LogP contribution is 2.11. The average Bonchev–Trinajstić information content (AvgIpc) is 2.27. The van der Waals surface area contributed by atoms with Crippen molar-refractivity contribution >= 4 is 0 Å². The van der Waals surface area contributed by atoms with Crippen LogP contribution in [0.1, 0.15) is 33.6 Å². The van der Waals surface area contributed by atoms with Crippen LogP contribution < -0.4 is 0 Å². The molecule has 0 radical (unpaired) electrons. The number of hydrogen-bond donors (Lipinski definition) is 0. The van der Waals surface area contributed by atoms with Crippen LogP contribution in [0.5, 0.6) is 0 Å². The Morgan fingerprint density at radius 2 is 1.94 bits per heavy atom. The SMILES string of the molecule is C=C/C(=C\C=C(C)C)OC(CC)CCN(C)C. The third-order valence-electron chi connectivity index (χ3n) is 2.44. The normalized spacial score (nSPS) is 13.4. The van der Waals surface area contributed by atoms with Crippen molar-refractivity contribution in [1.82, 2.24) is 4.90 Å². The first-order valence-corrected chi connectivity index (χ1v) is 6.28. The van der Waals surface area contributed by atoms with Gasteiger partial charge in [0.05, 0.1) is 6.10 Å². The van der Waals surface area contributed by atoms with E-state index >= 15 is 0 Å². The molecule has 0 bridgehead atoms. The summed E-state index contributed by atoms with van der Waals surface area (Å²) in [5.41, 5.74) is 1.26. The van der Waals surface area contributed by atoms with Crippen molar-refractivity contribution in [2.75, 3.05) is 20.6 Å². The lowest BCUT2D eigenvalue weighted by atomic mass is 10.2. The molecule has 0 aromatic heterocycles. The van der Waals surface area contributed by atoms with E-state index in [0.29, 0.717) is 0 Å². The lowest BCUT2D eigenvalue weighted by Gasteiger charge is -2.20. The second kappa shape index (κ2) is 9.06. The summed E-state index contributed by atoms with van der Waals surface area (Å²) < 4.78 is 5.92. The summed E-state index contributed by atoms with van der Waals surface area (Å²) in [5.74, 6) is 0.858. The molecule has 0 spiro atoms. The van der Waals surface area contributed by atoms with Gasteiger partial charge < -0.3 is 9.64 Å². The van der Waals surface area contributed by atoms with Crippen molar-refractivity contribution < 1.29 is 4.74 Å². The van der Waals surface area contributed by atoms with Crippen molar-refractivity contribution in [3.8, 4) is 0 Å². The number of hydrogen-bond acceptors (Lipinski definition) is 2. The predicted molar refractivity (Wildman–Crippen MR) is 76.0 cm³/mol. The van der Waals surface area contributed by atoms with E-state index in [2.05, 4.69) is 52.4 Å². The molecule has 17 heavy (non-hydrogen) atoms. The molecule has 0 aromatic carbocycles. The molecule has 0 aromatic rings. The maximum atomic E-state index is 5.92. The van der Waals surface area contributed by atoms with Crippen LogP contribution in [0.15, 0.2) is 36.1 Å². The Morgan fingerprint density at radius 1 is 1.29 bits per heavy atom. The van der Waals surface area contributed by atoms with Crippen molar-refractivity contribution in [2.24, 2.45) is 0 Å². The molecule has 0 heterocycles. The smallest absolute Gasteiger partial charge is 0.119 e. The molecule has 98 valence electrons. The second-order valence-corrected chi connectivity index (χ2v) is 4.76. The van der Waals surface area contributed by atoms with Crippen LogP contribution in [0, 0.1) is 0 Å². The first kappa shape index (κ1) is 16.0. The lowest BCUT2D eigenvalue weighted by Crippen LogP contribution is -2.21. The summed E-state index contributed by atoms with van der Waals surface area (Å²) in [6.45, 7) is 11.1. The summed E-state index contributed by atoms with van der Waals surface area (Å²) in [4.78, 5) is 2.18. The van der Waals surface area contributed by atoms with Crippen LogP contribution in [0.25, 0.3) is 0 Å². The van der Waals surface area contributed by atoms with Gasteiger partial charge in [0.25, 0.3) is 0 Å². The third kappa shape index (κ3) is 8.75. The van der Waals surface area contributed by atoms with E-state index in [4.69, 9.17) is 4.74 Å². The van der Waals surface area contributed by atoms with Gasteiger partial charge >= 0.3 is 0 Å². The predicted octanol–water partition coefficient (Wildman–Crippen LogP) is 3.77. The van der Waals surface area contributed by atoms with Crippen LogP contribution in [-0.2, 0) is 4.74 Å². The molecule has 0 aliphatic rings. The average molecular weight is 237 g/mol. The molecular weight excluding hydrogens is 210 g/mol. The van der Waals surface area contributed by atoms with E-state index in [9.17, 15) is 0 Å². The van der Waals surface area contributed by atoms with Gasteiger partial charge in [-0.25, -0.2) is 0 Å². The van der Waals surface area contributed by atoms with Crippen molar-refractivity contribution in [3.63, 3.8) is 0 Å². The van der Waals surface area contributed by atoms with E-state index in [1.165, 1.54) is 5.57 Å². The topological polar surface area (TPSA) is 12.5 Å². The summed E-state index contributed by atoms with van der Waals surface area (Å²) in [6, 6.07) is 0. The molecule has 1 unspecified atom stereocenters. The molecule has 0 N–H and O–H groups in total. The second-order valence-electron chi connectivity index (χ2n) is 4.76. The number of rotatable bonds is 8. The van der Waals surface area contributed by atoms with Gasteiger partial charge in [-0.1, -0.05) is 25.2 Å². The minimum absolute atomic E-state index is 0.271. The quantitative estimate of drug-likeness (QED) is 0.470. The van der Waals surface area contributed by atoms with E-state index < -0.39 is 0 Å². The van der Waals surface area contributed by atoms with Crippen LogP contribution >= 0.6 is 0 Å². The summed E-state index contributed by atoms with van der Waals surface area (Å²) >= 11 is 0. The molecule has 0 amide bonds. The summed E-state index contributed by atoms with van der Waals surface area (Å²) in [6.07, 6.45) is 8.15. The van der Waals surface area contributed by atoms with Crippen LogP contribution in [0.3, 0.4) is 0 Å². The molecule has 0 aliphatic heterocycles. The number of ether oxygens (including phenoxy) is 1. The highest BCUT2D eigenvalue weighted by atomic mass is 16.5. The Kier molecular flexibility index (Phi) is 8.51. The van der Waals surface area contributed by atoms with Crippen LogP contribution in [0.4, 0.5) is 0 Å². The molecule has 2 heteroatoms. The van der Waals surface area contributed by atoms with Gasteiger partial charge in [-0.15, -0.1) is 0 Å². The molecule has 1 atom stereocenters. The van der Waals surface area contributed by atoms with Crippen molar-refractivity contribution in [1.29, 1.82) is 0 Å². The van der Waals surface area contributed by atoms with Crippen molar-refractivity contribution in [2.45, 2.75) is 39.7 Å². The molecule has 0 rings (SSSR count). The molecular formula is C15H27NO. The monoisotopic (exact) mass is 237 g/mol. The van der Waals surface area contributed by atoms with Gasteiger partial charge in [-0.2, -0.15) is 0 Å². The Bertz CT molecular complexity index is 273. The highest BCUT2D eigenvalue weighted by Gasteiger charge is 2.08. The van der Waals surface area contributed by atoms with E-state index in [0.717, 1.165) is 25.1 Å². The van der Waals surface area contributed by atoms with Gasteiger partial charge in [0.15, 0.2) is 0 Å². The molecule has 0 fully saturated rings. The fourth-order valence-corrected chi connectivity index (χ4v) is 1.35. The third-order valence-corrected chi connectivity index (χ3v) is 2.44. The molecule has 0 saturated carbocycles.